The number of halogens is 1. The summed E-state index contributed by atoms with van der Waals surface area (Å²) >= 11 is 5.32. The van der Waals surface area contributed by atoms with Gasteiger partial charge < -0.3 is 0 Å². The molecule has 0 aromatic carbocycles. The van der Waals surface area contributed by atoms with E-state index in [0.717, 1.165) is 6.42 Å². The van der Waals surface area contributed by atoms with Crippen molar-refractivity contribution in [3.05, 3.63) is 20.8 Å². The smallest absolute Gasteiger partial charge is 0.0701 e. The SMILES string of the molecule is CC1(C(Cc2ccc(Br)s2)NN)CCCC1. The first-order chi connectivity index (χ1) is 7.64. The van der Waals surface area contributed by atoms with Crippen LogP contribution in [0.5, 0.6) is 0 Å². The quantitative estimate of drug-likeness (QED) is 0.660. The summed E-state index contributed by atoms with van der Waals surface area (Å²) in [5.41, 5.74) is 3.41. The molecular weight excluding hydrogens is 284 g/mol. The number of hydrogen-bond acceptors (Lipinski definition) is 3. The van der Waals surface area contributed by atoms with Crippen molar-refractivity contribution in [3.8, 4) is 0 Å². The van der Waals surface area contributed by atoms with Crippen molar-refractivity contribution in [2.45, 2.75) is 45.1 Å². The van der Waals surface area contributed by atoms with Gasteiger partial charge in [-0.15, -0.1) is 11.3 Å². The Morgan fingerprint density at radius 1 is 1.50 bits per heavy atom. The van der Waals surface area contributed by atoms with Crippen molar-refractivity contribution in [1.82, 2.24) is 5.43 Å². The lowest BCUT2D eigenvalue weighted by atomic mass is 9.79. The zero-order chi connectivity index (χ0) is 11.6. The van der Waals surface area contributed by atoms with Crippen LogP contribution in [0, 0.1) is 5.41 Å². The van der Waals surface area contributed by atoms with Gasteiger partial charge in [-0.25, -0.2) is 0 Å². The fourth-order valence-electron chi connectivity index (χ4n) is 2.70. The predicted octanol–water partition coefficient (Wildman–Crippen LogP) is 3.47. The van der Waals surface area contributed by atoms with E-state index in [1.165, 1.54) is 34.3 Å². The molecule has 16 heavy (non-hydrogen) atoms. The van der Waals surface area contributed by atoms with E-state index in [1.807, 2.05) is 11.3 Å². The number of hydrazine groups is 1. The molecule has 1 aliphatic carbocycles. The molecule has 0 spiro atoms. The Morgan fingerprint density at radius 3 is 2.69 bits per heavy atom. The lowest BCUT2D eigenvalue weighted by Crippen LogP contribution is -2.47. The summed E-state index contributed by atoms with van der Waals surface area (Å²) in [6.07, 6.45) is 6.34. The van der Waals surface area contributed by atoms with Crippen LogP contribution in [0.1, 0.15) is 37.5 Å². The summed E-state index contributed by atoms with van der Waals surface area (Å²) in [6, 6.07) is 4.71. The summed E-state index contributed by atoms with van der Waals surface area (Å²) in [4.78, 5) is 1.41. The first kappa shape index (κ1) is 12.6. The molecule has 1 aromatic heterocycles. The minimum atomic E-state index is 0.380. The fourth-order valence-corrected chi connectivity index (χ4v) is 4.23. The summed E-state index contributed by atoms with van der Waals surface area (Å²) in [5, 5.41) is 0. The molecule has 1 saturated carbocycles. The van der Waals surface area contributed by atoms with Gasteiger partial charge in [0.2, 0.25) is 0 Å². The molecule has 2 nitrogen and oxygen atoms in total. The van der Waals surface area contributed by atoms with Gasteiger partial charge in [0.15, 0.2) is 0 Å². The van der Waals surface area contributed by atoms with Gasteiger partial charge >= 0.3 is 0 Å². The second kappa shape index (κ2) is 5.17. The standard InChI is InChI=1S/C12H19BrN2S/c1-12(6-2-3-7-12)10(15-14)8-9-4-5-11(13)16-9/h4-5,10,15H,2-3,6-8,14H2,1H3. The van der Waals surface area contributed by atoms with Gasteiger partial charge in [0.05, 0.1) is 3.79 Å². The number of nitrogens with one attached hydrogen (secondary N) is 1. The third-order valence-corrected chi connectivity index (χ3v) is 5.47. The molecule has 0 radical (unpaired) electrons. The first-order valence-electron chi connectivity index (χ1n) is 5.84. The van der Waals surface area contributed by atoms with E-state index in [1.54, 1.807) is 0 Å². The van der Waals surface area contributed by atoms with Crippen LogP contribution in [0.25, 0.3) is 0 Å². The fraction of sp³-hybridized carbons (Fsp3) is 0.667. The molecule has 1 aliphatic rings. The minimum absolute atomic E-state index is 0.380. The molecule has 0 bridgehead atoms. The van der Waals surface area contributed by atoms with Crippen LogP contribution < -0.4 is 11.3 Å². The number of rotatable bonds is 4. The van der Waals surface area contributed by atoms with Gasteiger partial charge in [0.1, 0.15) is 0 Å². The van der Waals surface area contributed by atoms with Crippen LogP contribution in [0.2, 0.25) is 0 Å². The molecular formula is C12H19BrN2S. The van der Waals surface area contributed by atoms with Crippen molar-refractivity contribution >= 4 is 27.3 Å². The van der Waals surface area contributed by atoms with Gasteiger partial charge in [-0.3, -0.25) is 11.3 Å². The molecule has 4 heteroatoms. The molecule has 1 heterocycles. The summed E-state index contributed by atoms with van der Waals surface area (Å²) in [5.74, 6) is 5.74. The lowest BCUT2D eigenvalue weighted by molar-refractivity contribution is 0.221. The van der Waals surface area contributed by atoms with Gasteiger partial charge in [0.25, 0.3) is 0 Å². The minimum Gasteiger partial charge on any atom is -0.271 e. The van der Waals surface area contributed by atoms with Crippen molar-refractivity contribution in [2.75, 3.05) is 0 Å². The Balaban J connectivity index is 2.05. The van der Waals surface area contributed by atoms with Crippen molar-refractivity contribution in [3.63, 3.8) is 0 Å². The van der Waals surface area contributed by atoms with Gasteiger partial charge in [-0.1, -0.05) is 19.8 Å². The van der Waals surface area contributed by atoms with E-state index in [0.29, 0.717) is 11.5 Å². The molecule has 90 valence electrons. The predicted molar refractivity (Wildman–Crippen MR) is 73.4 cm³/mol. The Kier molecular flexibility index (Phi) is 4.06. The highest BCUT2D eigenvalue weighted by atomic mass is 79.9. The molecule has 1 unspecified atom stereocenters. The molecule has 0 aliphatic heterocycles. The number of nitrogens with two attached hydrogens (primary N) is 1. The summed E-state index contributed by atoms with van der Waals surface area (Å²) in [6.45, 7) is 2.37. The van der Waals surface area contributed by atoms with Crippen LogP contribution in [0.15, 0.2) is 15.9 Å². The van der Waals surface area contributed by atoms with Crippen molar-refractivity contribution in [1.29, 1.82) is 0 Å². The average Bonchev–Trinajstić information content (AvgIpc) is 2.85. The Labute approximate surface area is 110 Å². The summed E-state index contributed by atoms with van der Waals surface area (Å²) < 4.78 is 1.20. The highest BCUT2D eigenvalue weighted by Crippen LogP contribution is 2.41. The third-order valence-electron chi connectivity index (χ3n) is 3.82. The zero-order valence-electron chi connectivity index (χ0n) is 9.63. The molecule has 1 atom stereocenters. The van der Waals surface area contributed by atoms with E-state index in [4.69, 9.17) is 5.84 Å². The second-order valence-corrected chi connectivity index (χ2v) is 7.54. The van der Waals surface area contributed by atoms with Crippen molar-refractivity contribution < 1.29 is 0 Å². The molecule has 2 rings (SSSR count). The highest BCUT2D eigenvalue weighted by molar-refractivity contribution is 9.11. The maximum absolute atomic E-state index is 5.74. The van der Waals surface area contributed by atoms with Crippen LogP contribution in [0.3, 0.4) is 0 Å². The maximum Gasteiger partial charge on any atom is 0.0701 e. The molecule has 1 aromatic rings. The molecule has 1 fully saturated rings. The second-order valence-electron chi connectivity index (χ2n) is 4.99. The van der Waals surface area contributed by atoms with E-state index >= 15 is 0 Å². The van der Waals surface area contributed by atoms with E-state index in [2.05, 4.69) is 40.4 Å². The zero-order valence-corrected chi connectivity index (χ0v) is 12.0. The van der Waals surface area contributed by atoms with Gasteiger partial charge in [-0.2, -0.15) is 0 Å². The Hall–Kier alpha value is 0.1000. The Morgan fingerprint density at radius 2 is 2.19 bits per heavy atom. The first-order valence-corrected chi connectivity index (χ1v) is 7.45. The van der Waals surface area contributed by atoms with Crippen LogP contribution in [0.4, 0.5) is 0 Å². The molecule has 3 N–H and O–H groups in total. The van der Waals surface area contributed by atoms with Gasteiger partial charge in [-0.05, 0) is 52.7 Å². The van der Waals surface area contributed by atoms with Crippen molar-refractivity contribution in [2.24, 2.45) is 11.3 Å². The van der Waals surface area contributed by atoms with E-state index < -0.39 is 0 Å². The topological polar surface area (TPSA) is 38.0 Å². The van der Waals surface area contributed by atoms with Gasteiger partial charge in [0, 0.05) is 10.9 Å². The van der Waals surface area contributed by atoms with Crippen LogP contribution in [-0.4, -0.2) is 6.04 Å². The maximum atomic E-state index is 5.74. The van der Waals surface area contributed by atoms with E-state index in [-0.39, 0.29) is 0 Å². The van der Waals surface area contributed by atoms with Crippen LogP contribution in [-0.2, 0) is 6.42 Å². The van der Waals surface area contributed by atoms with E-state index in [9.17, 15) is 0 Å². The number of thiophene rings is 1. The molecule has 0 amide bonds. The third kappa shape index (κ3) is 2.67. The number of hydrogen-bond donors (Lipinski definition) is 2. The van der Waals surface area contributed by atoms with Crippen LogP contribution >= 0.6 is 27.3 Å². The monoisotopic (exact) mass is 302 g/mol. The highest BCUT2D eigenvalue weighted by Gasteiger charge is 2.36. The Bertz CT molecular complexity index is 345. The molecule has 0 saturated heterocycles. The largest absolute Gasteiger partial charge is 0.271 e. The normalized spacial score (nSPS) is 21.2. The lowest BCUT2D eigenvalue weighted by Gasteiger charge is -2.33. The summed E-state index contributed by atoms with van der Waals surface area (Å²) in [7, 11) is 0. The average molecular weight is 303 g/mol.